The van der Waals surface area contributed by atoms with Gasteiger partial charge in [0.15, 0.2) is 0 Å². The van der Waals surface area contributed by atoms with Gasteiger partial charge in [0.2, 0.25) is 11.8 Å². The molecule has 0 aliphatic carbocycles. The quantitative estimate of drug-likeness (QED) is 0.307. The van der Waals surface area contributed by atoms with Crippen LogP contribution in [0.1, 0.15) is 42.5 Å². The third kappa shape index (κ3) is 3.29. The number of ether oxygens (including phenoxy) is 1. The van der Waals surface area contributed by atoms with Gasteiger partial charge < -0.3 is 4.74 Å². The monoisotopic (exact) mass is 548 g/mol. The van der Waals surface area contributed by atoms with E-state index < -0.39 is 23.3 Å². The summed E-state index contributed by atoms with van der Waals surface area (Å²) in [4.78, 5) is 60.9. The standard InChI is InChI=1S/C32H28N4O5/c1-4-41-30(40)18-13-15-19(16-14-18)35-28(38)24-25(29(35)39)32(34-26(24)17(2)3)21-10-6-8-12-23(21)36-27(37)20-9-5-7-11-22(20)33-31(32)36/h5-17,24-26,34H,4H2,1-3H3/t24-,25+,26-,32+/m0/s1. The van der Waals surface area contributed by atoms with Gasteiger partial charge in [-0.15, -0.1) is 0 Å². The number of aromatic nitrogens is 2. The number of para-hydroxylation sites is 2. The van der Waals surface area contributed by atoms with Crippen LogP contribution in [0.4, 0.5) is 5.69 Å². The highest BCUT2D eigenvalue weighted by atomic mass is 16.5. The molecule has 4 atom stereocenters. The normalized spacial score (nSPS) is 24.3. The van der Waals surface area contributed by atoms with E-state index in [0.717, 1.165) is 5.56 Å². The summed E-state index contributed by atoms with van der Waals surface area (Å²) in [7, 11) is 0. The molecule has 0 bridgehead atoms. The van der Waals surface area contributed by atoms with Gasteiger partial charge in [0.25, 0.3) is 5.56 Å². The summed E-state index contributed by atoms with van der Waals surface area (Å²) >= 11 is 0. The van der Waals surface area contributed by atoms with Gasteiger partial charge in [-0.2, -0.15) is 0 Å². The number of rotatable bonds is 4. The third-order valence-corrected chi connectivity index (χ3v) is 8.65. The van der Waals surface area contributed by atoms with E-state index in [1.54, 1.807) is 54.0 Å². The smallest absolute Gasteiger partial charge is 0.338 e. The van der Waals surface area contributed by atoms with Crippen molar-refractivity contribution >= 4 is 34.4 Å². The van der Waals surface area contributed by atoms with Gasteiger partial charge in [0.05, 0.1) is 46.3 Å². The van der Waals surface area contributed by atoms with Gasteiger partial charge in [-0.1, -0.05) is 44.2 Å². The molecule has 4 heterocycles. The number of benzene rings is 3. The zero-order chi connectivity index (χ0) is 28.6. The molecule has 0 saturated carbocycles. The maximum atomic E-state index is 14.5. The highest BCUT2D eigenvalue weighted by Gasteiger charge is 2.70. The summed E-state index contributed by atoms with van der Waals surface area (Å²) in [5, 5.41) is 4.17. The fourth-order valence-electron chi connectivity index (χ4n) is 6.94. The molecule has 41 heavy (non-hydrogen) atoms. The predicted molar refractivity (Wildman–Crippen MR) is 152 cm³/mol. The molecule has 2 fully saturated rings. The Kier molecular flexibility index (Phi) is 5.53. The van der Waals surface area contributed by atoms with Crippen molar-refractivity contribution in [3.05, 3.63) is 100 Å². The maximum Gasteiger partial charge on any atom is 0.338 e. The van der Waals surface area contributed by atoms with Gasteiger partial charge in [0.1, 0.15) is 11.4 Å². The average molecular weight is 549 g/mol. The Morgan fingerprint density at radius 3 is 2.41 bits per heavy atom. The van der Waals surface area contributed by atoms with Crippen LogP contribution in [0, 0.1) is 17.8 Å². The van der Waals surface area contributed by atoms with E-state index >= 15 is 0 Å². The van der Waals surface area contributed by atoms with E-state index in [1.807, 2.05) is 44.2 Å². The molecule has 3 aliphatic rings. The van der Waals surface area contributed by atoms with Crippen LogP contribution < -0.4 is 15.8 Å². The first-order valence-electron chi connectivity index (χ1n) is 13.8. The first-order valence-corrected chi connectivity index (χ1v) is 13.8. The molecule has 2 amide bonds. The lowest BCUT2D eigenvalue weighted by Crippen LogP contribution is -2.51. The summed E-state index contributed by atoms with van der Waals surface area (Å²) in [5.41, 5.74) is 1.25. The minimum absolute atomic E-state index is 0.00171. The number of nitrogens with one attached hydrogen (secondary N) is 1. The van der Waals surface area contributed by atoms with Crippen molar-refractivity contribution in [2.24, 2.45) is 17.8 Å². The molecule has 4 aromatic rings. The van der Waals surface area contributed by atoms with Gasteiger partial charge in [-0.3, -0.25) is 24.3 Å². The van der Waals surface area contributed by atoms with E-state index in [9.17, 15) is 19.2 Å². The highest BCUT2D eigenvalue weighted by Crippen LogP contribution is 2.56. The van der Waals surface area contributed by atoms with Gasteiger partial charge in [-0.25, -0.2) is 14.7 Å². The number of anilines is 1. The SMILES string of the molecule is CCOC(=O)c1ccc(N2C(=O)[C@@H]3[C@H](C(C)C)N[C@]4(c5ccccc5-n5c4nc4ccccc4c5=O)[C@H]3C2=O)cc1. The van der Waals surface area contributed by atoms with Crippen LogP contribution in [0.3, 0.4) is 0 Å². The molecule has 1 aromatic heterocycles. The second kappa shape index (κ2) is 8.94. The summed E-state index contributed by atoms with van der Waals surface area (Å²) in [5.74, 6) is -2.26. The maximum absolute atomic E-state index is 14.5. The fourth-order valence-corrected chi connectivity index (χ4v) is 6.94. The van der Waals surface area contributed by atoms with E-state index in [1.165, 1.54) is 4.90 Å². The first kappa shape index (κ1) is 25.3. The summed E-state index contributed by atoms with van der Waals surface area (Å²) < 4.78 is 6.67. The van der Waals surface area contributed by atoms with Crippen molar-refractivity contribution in [2.75, 3.05) is 11.5 Å². The lowest BCUT2D eigenvalue weighted by molar-refractivity contribution is -0.123. The second-order valence-corrected chi connectivity index (χ2v) is 11.1. The number of amides is 2. The molecule has 0 radical (unpaired) electrons. The highest BCUT2D eigenvalue weighted by molar-refractivity contribution is 6.23. The fraction of sp³-hybridized carbons (Fsp3) is 0.281. The Bertz CT molecular complexity index is 1830. The molecule has 9 nitrogen and oxygen atoms in total. The minimum Gasteiger partial charge on any atom is -0.462 e. The minimum atomic E-state index is -1.19. The first-order chi connectivity index (χ1) is 19.8. The van der Waals surface area contributed by atoms with Crippen molar-refractivity contribution in [1.29, 1.82) is 0 Å². The van der Waals surface area contributed by atoms with Crippen LogP contribution in [0.5, 0.6) is 0 Å². The number of hydrogen-bond acceptors (Lipinski definition) is 7. The zero-order valence-electron chi connectivity index (χ0n) is 22.8. The van der Waals surface area contributed by atoms with E-state index in [4.69, 9.17) is 9.72 Å². The van der Waals surface area contributed by atoms with E-state index in [0.29, 0.717) is 33.7 Å². The number of esters is 1. The number of nitrogens with zero attached hydrogens (tertiary/aromatic N) is 3. The Labute approximate surface area is 235 Å². The van der Waals surface area contributed by atoms with Crippen LogP contribution in [0.2, 0.25) is 0 Å². The Hall–Kier alpha value is -4.63. The molecule has 3 aliphatic heterocycles. The van der Waals surface area contributed by atoms with E-state index in [2.05, 4.69) is 5.32 Å². The van der Waals surface area contributed by atoms with Crippen molar-refractivity contribution in [3.63, 3.8) is 0 Å². The van der Waals surface area contributed by atoms with Crippen LogP contribution in [-0.4, -0.2) is 40.0 Å². The van der Waals surface area contributed by atoms with Crippen LogP contribution in [-0.2, 0) is 19.9 Å². The van der Waals surface area contributed by atoms with Crippen molar-refractivity contribution in [3.8, 4) is 5.69 Å². The predicted octanol–water partition coefficient (Wildman–Crippen LogP) is 3.55. The van der Waals surface area contributed by atoms with Gasteiger partial charge >= 0.3 is 5.97 Å². The van der Waals surface area contributed by atoms with Crippen molar-refractivity contribution in [2.45, 2.75) is 32.4 Å². The molecule has 2 saturated heterocycles. The Balaban J connectivity index is 1.43. The van der Waals surface area contributed by atoms with Gasteiger partial charge in [0, 0.05) is 11.6 Å². The molecule has 7 rings (SSSR count). The lowest BCUT2D eigenvalue weighted by atomic mass is 9.75. The summed E-state index contributed by atoms with van der Waals surface area (Å²) in [6.07, 6.45) is 0. The molecular formula is C32H28N4O5. The Morgan fingerprint density at radius 1 is 0.976 bits per heavy atom. The van der Waals surface area contributed by atoms with Crippen LogP contribution in [0.15, 0.2) is 77.6 Å². The average Bonchev–Trinajstić information content (AvgIpc) is 3.57. The number of carbonyl (C=O) groups is 3. The topological polar surface area (TPSA) is 111 Å². The van der Waals surface area contributed by atoms with Crippen LogP contribution in [0.25, 0.3) is 16.6 Å². The molecule has 0 unspecified atom stereocenters. The number of carbonyl (C=O) groups excluding carboxylic acids is 3. The van der Waals surface area contributed by atoms with Crippen LogP contribution >= 0.6 is 0 Å². The van der Waals surface area contributed by atoms with Crippen molar-refractivity contribution < 1.29 is 19.1 Å². The molecule has 1 spiro atoms. The number of fused-ring (bicyclic) bond motifs is 8. The number of imide groups is 1. The molecule has 3 aromatic carbocycles. The third-order valence-electron chi connectivity index (χ3n) is 8.65. The largest absolute Gasteiger partial charge is 0.462 e. The molecule has 9 heteroatoms. The van der Waals surface area contributed by atoms with E-state index in [-0.39, 0.29) is 35.9 Å². The van der Waals surface area contributed by atoms with Crippen molar-refractivity contribution in [1.82, 2.24) is 14.9 Å². The molecule has 206 valence electrons. The molecule has 1 N–H and O–H groups in total. The number of hydrogen-bond donors (Lipinski definition) is 1. The van der Waals surface area contributed by atoms with Gasteiger partial charge in [-0.05, 0) is 55.3 Å². The second-order valence-electron chi connectivity index (χ2n) is 11.1. The molecular weight excluding hydrogens is 520 g/mol. The lowest BCUT2D eigenvalue weighted by Gasteiger charge is -2.32. The zero-order valence-corrected chi connectivity index (χ0v) is 22.8. The Morgan fingerprint density at radius 2 is 1.68 bits per heavy atom. The summed E-state index contributed by atoms with van der Waals surface area (Å²) in [6.45, 7) is 6.01. The summed E-state index contributed by atoms with van der Waals surface area (Å²) in [6, 6.07) is 20.6.